The molecule has 12 heavy (non-hydrogen) atoms. The zero-order valence-electron chi connectivity index (χ0n) is 7.99. The molecule has 0 aliphatic rings. The summed E-state index contributed by atoms with van der Waals surface area (Å²) in [5.41, 5.74) is 0.949. The fraction of sp³-hybridized carbons (Fsp3) is 0.500. The summed E-state index contributed by atoms with van der Waals surface area (Å²) < 4.78 is 0. The van der Waals surface area contributed by atoms with Gasteiger partial charge in [0, 0.05) is 17.8 Å². The Balaban J connectivity index is 0.000000561. The molecule has 68 valence electrons. The van der Waals surface area contributed by atoms with Gasteiger partial charge in [0.15, 0.2) is 0 Å². The monoisotopic (exact) mass is 167 g/mol. The molecule has 0 saturated heterocycles. The molecule has 1 aromatic rings. The van der Waals surface area contributed by atoms with Crippen LogP contribution in [0.5, 0.6) is 0 Å². The van der Waals surface area contributed by atoms with E-state index in [-0.39, 0.29) is 12.5 Å². The van der Waals surface area contributed by atoms with Gasteiger partial charge in [-0.15, -0.1) is 0 Å². The molecule has 0 fully saturated rings. The Morgan fingerprint density at radius 2 is 2.08 bits per heavy atom. The molecule has 1 rings (SSSR count). The van der Waals surface area contributed by atoms with Crippen molar-refractivity contribution in [1.82, 2.24) is 4.98 Å². The highest BCUT2D eigenvalue weighted by atomic mass is 16.3. The van der Waals surface area contributed by atoms with Crippen molar-refractivity contribution in [1.29, 1.82) is 0 Å². The van der Waals surface area contributed by atoms with Gasteiger partial charge in [-0.2, -0.15) is 0 Å². The number of hydrogen-bond donors (Lipinski definition) is 1. The highest BCUT2D eigenvalue weighted by Gasteiger charge is 2.02. The molecule has 0 aromatic carbocycles. The number of aliphatic hydroxyl groups is 1. The van der Waals surface area contributed by atoms with Crippen LogP contribution in [0.15, 0.2) is 24.4 Å². The average molecular weight is 167 g/mol. The Morgan fingerprint density at radius 1 is 1.42 bits per heavy atom. The van der Waals surface area contributed by atoms with Gasteiger partial charge in [0.2, 0.25) is 0 Å². The van der Waals surface area contributed by atoms with E-state index < -0.39 is 0 Å². The third-order valence-corrected chi connectivity index (χ3v) is 1.47. The van der Waals surface area contributed by atoms with Crippen LogP contribution < -0.4 is 0 Å². The molecule has 0 amide bonds. The van der Waals surface area contributed by atoms with Crippen molar-refractivity contribution in [3.63, 3.8) is 0 Å². The number of aromatic nitrogens is 1. The molecule has 1 atom stereocenters. The second-order valence-electron chi connectivity index (χ2n) is 2.34. The molecule has 2 nitrogen and oxygen atoms in total. The van der Waals surface area contributed by atoms with Crippen molar-refractivity contribution < 1.29 is 5.11 Å². The molecule has 0 saturated carbocycles. The Labute approximate surface area is 74.3 Å². The number of aliphatic hydroxyl groups excluding tert-OH is 1. The quantitative estimate of drug-likeness (QED) is 0.732. The number of pyridine rings is 1. The first-order valence-corrected chi connectivity index (χ1v) is 4.36. The van der Waals surface area contributed by atoms with E-state index in [0.717, 1.165) is 5.69 Å². The van der Waals surface area contributed by atoms with Crippen LogP contribution in [0.1, 0.15) is 32.4 Å². The third kappa shape index (κ3) is 3.49. The zero-order chi connectivity index (χ0) is 9.40. The molecule has 0 aliphatic heterocycles. The molecular weight excluding hydrogens is 150 g/mol. The van der Waals surface area contributed by atoms with E-state index in [9.17, 15) is 0 Å². The minimum Gasteiger partial charge on any atom is -0.396 e. The largest absolute Gasteiger partial charge is 0.396 e. The number of hydrogen-bond acceptors (Lipinski definition) is 2. The molecule has 1 heterocycles. The molecular formula is C10H17NO. The average Bonchev–Trinajstić information content (AvgIpc) is 2.21. The van der Waals surface area contributed by atoms with Gasteiger partial charge in [-0.05, 0) is 12.1 Å². The molecule has 0 aliphatic carbocycles. The summed E-state index contributed by atoms with van der Waals surface area (Å²) in [7, 11) is 0. The third-order valence-electron chi connectivity index (χ3n) is 1.47. The van der Waals surface area contributed by atoms with Crippen LogP contribution in [-0.2, 0) is 0 Å². The van der Waals surface area contributed by atoms with E-state index in [1.165, 1.54) is 0 Å². The lowest BCUT2D eigenvalue weighted by Crippen LogP contribution is -2.00. The molecule has 0 spiro atoms. The Bertz CT molecular complexity index is 186. The molecule has 1 unspecified atom stereocenters. The van der Waals surface area contributed by atoms with E-state index in [2.05, 4.69) is 4.98 Å². The fourth-order valence-electron chi connectivity index (χ4n) is 0.761. The summed E-state index contributed by atoms with van der Waals surface area (Å²) >= 11 is 0. The maximum atomic E-state index is 8.75. The van der Waals surface area contributed by atoms with Crippen LogP contribution in [0.3, 0.4) is 0 Å². The smallest absolute Gasteiger partial charge is 0.0512 e. The van der Waals surface area contributed by atoms with Gasteiger partial charge >= 0.3 is 0 Å². The minimum absolute atomic E-state index is 0.154. The van der Waals surface area contributed by atoms with Crippen LogP contribution in [0, 0.1) is 0 Å². The highest BCUT2D eigenvalue weighted by molar-refractivity contribution is 5.07. The lowest BCUT2D eigenvalue weighted by Gasteiger charge is -2.04. The van der Waals surface area contributed by atoms with Crippen molar-refractivity contribution >= 4 is 0 Å². The SMILES string of the molecule is CC.CC(CO)c1ccccn1. The summed E-state index contributed by atoms with van der Waals surface area (Å²) in [6.45, 7) is 6.11. The Kier molecular flexibility index (Phi) is 6.29. The van der Waals surface area contributed by atoms with Crippen molar-refractivity contribution in [2.75, 3.05) is 6.61 Å². The van der Waals surface area contributed by atoms with E-state index in [1.54, 1.807) is 6.20 Å². The standard InChI is InChI=1S/C8H11NO.C2H6/c1-7(6-10)8-4-2-3-5-9-8;1-2/h2-5,7,10H,6H2,1H3;1-2H3. The molecule has 0 bridgehead atoms. The van der Waals surface area contributed by atoms with Gasteiger partial charge in [-0.25, -0.2) is 0 Å². The van der Waals surface area contributed by atoms with Gasteiger partial charge in [0.25, 0.3) is 0 Å². The van der Waals surface area contributed by atoms with Crippen LogP contribution in [0.25, 0.3) is 0 Å². The van der Waals surface area contributed by atoms with Crippen LogP contribution in [-0.4, -0.2) is 16.7 Å². The predicted octanol–water partition coefficient (Wildman–Crippen LogP) is 2.20. The highest BCUT2D eigenvalue weighted by Crippen LogP contribution is 2.08. The van der Waals surface area contributed by atoms with Crippen LogP contribution in [0.4, 0.5) is 0 Å². The van der Waals surface area contributed by atoms with E-state index in [4.69, 9.17) is 5.11 Å². The van der Waals surface area contributed by atoms with Gasteiger partial charge in [0.05, 0.1) is 6.61 Å². The van der Waals surface area contributed by atoms with E-state index >= 15 is 0 Å². The van der Waals surface area contributed by atoms with Crippen LogP contribution >= 0.6 is 0 Å². The topological polar surface area (TPSA) is 33.1 Å². The minimum atomic E-state index is 0.154. The molecule has 0 radical (unpaired) electrons. The van der Waals surface area contributed by atoms with Gasteiger partial charge in [-0.1, -0.05) is 26.8 Å². The Morgan fingerprint density at radius 3 is 2.50 bits per heavy atom. The first-order valence-electron chi connectivity index (χ1n) is 4.36. The van der Waals surface area contributed by atoms with Crippen LogP contribution in [0.2, 0.25) is 0 Å². The summed E-state index contributed by atoms with van der Waals surface area (Å²) in [4.78, 5) is 4.09. The van der Waals surface area contributed by atoms with Crippen molar-refractivity contribution in [3.8, 4) is 0 Å². The first kappa shape index (κ1) is 11.1. The lowest BCUT2D eigenvalue weighted by atomic mass is 10.1. The second-order valence-corrected chi connectivity index (χ2v) is 2.34. The zero-order valence-corrected chi connectivity index (χ0v) is 7.99. The molecule has 2 heteroatoms. The first-order chi connectivity index (χ1) is 5.84. The summed E-state index contributed by atoms with van der Waals surface area (Å²) in [6, 6.07) is 5.71. The second kappa shape index (κ2) is 6.80. The van der Waals surface area contributed by atoms with E-state index in [0.29, 0.717) is 0 Å². The maximum absolute atomic E-state index is 8.75. The van der Waals surface area contributed by atoms with Crippen molar-refractivity contribution in [3.05, 3.63) is 30.1 Å². The summed E-state index contributed by atoms with van der Waals surface area (Å²) in [6.07, 6.45) is 1.74. The van der Waals surface area contributed by atoms with E-state index in [1.807, 2.05) is 39.0 Å². The predicted molar refractivity (Wildman–Crippen MR) is 51.1 cm³/mol. The normalized spacial score (nSPS) is 11.3. The number of nitrogens with zero attached hydrogens (tertiary/aromatic N) is 1. The molecule has 1 N–H and O–H groups in total. The summed E-state index contributed by atoms with van der Waals surface area (Å²) in [5, 5.41) is 8.75. The Hall–Kier alpha value is -0.890. The van der Waals surface area contributed by atoms with Crippen molar-refractivity contribution in [2.45, 2.75) is 26.7 Å². The molecule has 1 aromatic heterocycles. The fourth-order valence-corrected chi connectivity index (χ4v) is 0.761. The summed E-state index contributed by atoms with van der Waals surface area (Å²) in [5.74, 6) is 0.154. The maximum Gasteiger partial charge on any atom is 0.0512 e. The number of rotatable bonds is 2. The lowest BCUT2D eigenvalue weighted by molar-refractivity contribution is 0.271. The van der Waals surface area contributed by atoms with Gasteiger partial charge in [-0.3, -0.25) is 4.98 Å². The van der Waals surface area contributed by atoms with Crippen molar-refractivity contribution in [2.24, 2.45) is 0 Å². The van der Waals surface area contributed by atoms with Gasteiger partial charge in [0.1, 0.15) is 0 Å². The van der Waals surface area contributed by atoms with Gasteiger partial charge < -0.3 is 5.11 Å².